The molecule has 2 N–H and O–H groups in total. The van der Waals surface area contributed by atoms with Crippen LogP contribution in [0.25, 0.3) is 10.2 Å². The van der Waals surface area contributed by atoms with Gasteiger partial charge in [-0.05, 0) is 25.5 Å². The number of aromatic amines is 1. The van der Waals surface area contributed by atoms with Gasteiger partial charge >= 0.3 is 0 Å². The molecule has 5 rings (SSSR count). The summed E-state index contributed by atoms with van der Waals surface area (Å²) in [5, 5.41) is 1.27. The molecule has 3 aromatic heterocycles. The summed E-state index contributed by atoms with van der Waals surface area (Å²) < 4.78 is 0. The number of nitrogens with one attached hydrogen (secondary N) is 2. The lowest BCUT2D eigenvalue weighted by Crippen LogP contribution is -3.08. The fraction of sp³-hybridized carbons (Fsp3) is 0.500. The Labute approximate surface area is 176 Å². The van der Waals surface area contributed by atoms with Crippen LogP contribution in [0.2, 0.25) is 0 Å². The van der Waals surface area contributed by atoms with Crippen molar-refractivity contribution in [3.63, 3.8) is 0 Å². The van der Waals surface area contributed by atoms with Gasteiger partial charge in [0, 0.05) is 23.8 Å². The van der Waals surface area contributed by atoms with Crippen molar-refractivity contribution in [1.82, 2.24) is 9.97 Å². The molecule has 6 nitrogen and oxygen atoms in total. The standard InChI is InChI=1S/C22H28N6S/c1-16-17(2)29-22-20(16)21(24-18(25-22)15-26-9-5-6-10-26)28-13-11-27(12-14-28)19-7-3-4-8-23-19/h3-4,7-8H,5-6,9-15H2,1-2H3/p+2. The number of pyridine rings is 1. The predicted octanol–water partition coefficient (Wildman–Crippen LogP) is 1.63. The maximum absolute atomic E-state index is 5.13. The lowest BCUT2D eigenvalue weighted by Gasteiger charge is -2.32. The number of thiophene rings is 1. The molecule has 0 aliphatic carbocycles. The molecular weight excluding hydrogens is 380 g/mol. The second-order valence-electron chi connectivity index (χ2n) is 8.28. The van der Waals surface area contributed by atoms with E-state index in [0.717, 1.165) is 49.2 Å². The van der Waals surface area contributed by atoms with Crippen LogP contribution in [0.4, 0.5) is 11.6 Å². The van der Waals surface area contributed by atoms with Crippen LogP contribution >= 0.6 is 11.3 Å². The van der Waals surface area contributed by atoms with Crippen molar-refractivity contribution in [3.8, 4) is 0 Å². The third kappa shape index (κ3) is 3.69. The zero-order valence-corrected chi connectivity index (χ0v) is 18.2. The summed E-state index contributed by atoms with van der Waals surface area (Å²) in [5.74, 6) is 3.37. The van der Waals surface area contributed by atoms with Gasteiger partial charge in [0.25, 0.3) is 5.82 Å². The minimum absolute atomic E-state index is 0.956. The molecule has 0 bridgehead atoms. The van der Waals surface area contributed by atoms with Gasteiger partial charge in [-0.15, -0.1) is 11.3 Å². The molecular formula is C22H30N6S+2. The van der Waals surface area contributed by atoms with Crippen LogP contribution in [0, 0.1) is 13.8 Å². The number of aryl methyl sites for hydroxylation is 2. The molecule has 2 saturated heterocycles. The Balaban J connectivity index is 1.43. The highest BCUT2D eigenvalue weighted by Gasteiger charge is 2.27. The Hall–Kier alpha value is -2.25. The zero-order valence-electron chi connectivity index (χ0n) is 17.4. The highest BCUT2D eigenvalue weighted by atomic mass is 32.1. The van der Waals surface area contributed by atoms with E-state index in [9.17, 15) is 0 Å². The second-order valence-corrected chi connectivity index (χ2v) is 9.49. The number of hydrogen-bond donors (Lipinski definition) is 1. The van der Waals surface area contributed by atoms with E-state index in [-0.39, 0.29) is 0 Å². The molecule has 0 amide bonds. The van der Waals surface area contributed by atoms with E-state index >= 15 is 0 Å². The second kappa shape index (κ2) is 7.88. The number of fused-ring (bicyclic) bond motifs is 1. The summed E-state index contributed by atoms with van der Waals surface area (Å²) in [4.78, 5) is 22.5. The first kappa shape index (κ1) is 18.8. The van der Waals surface area contributed by atoms with E-state index in [1.165, 1.54) is 47.6 Å². The number of piperazine rings is 1. The van der Waals surface area contributed by atoms with Crippen LogP contribution in [0.15, 0.2) is 24.4 Å². The molecule has 3 aromatic rings. The van der Waals surface area contributed by atoms with E-state index in [1.807, 2.05) is 23.6 Å². The van der Waals surface area contributed by atoms with Crippen LogP contribution in [0.1, 0.15) is 29.1 Å². The number of anilines is 2. The quantitative estimate of drug-likeness (QED) is 0.710. The lowest BCUT2D eigenvalue weighted by molar-refractivity contribution is -0.902. The van der Waals surface area contributed by atoms with Gasteiger partial charge in [0.05, 0.1) is 37.8 Å². The molecule has 2 fully saturated rings. The first-order valence-electron chi connectivity index (χ1n) is 10.8. The Morgan fingerprint density at radius 2 is 1.79 bits per heavy atom. The fourth-order valence-corrected chi connectivity index (χ4v) is 5.64. The van der Waals surface area contributed by atoms with Gasteiger partial charge in [0.15, 0.2) is 5.82 Å². The number of hydrogen-bond acceptors (Lipinski definition) is 5. The van der Waals surface area contributed by atoms with Crippen molar-refractivity contribution in [2.75, 3.05) is 49.1 Å². The summed E-state index contributed by atoms with van der Waals surface area (Å²) >= 11 is 1.82. The molecule has 5 heterocycles. The highest BCUT2D eigenvalue weighted by molar-refractivity contribution is 7.18. The molecule has 7 heteroatoms. The van der Waals surface area contributed by atoms with Crippen LogP contribution in [-0.4, -0.2) is 49.2 Å². The van der Waals surface area contributed by atoms with Crippen LogP contribution in [0.5, 0.6) is 0 Å². The van der Waals surface area contributed by atoms with Gasteiger partial charge in [0.1, 0.15) is 30.3 Å². The number of H-pyrrole nitrogens is 1. The number of nitrogens with zero attached hydrogens (tertiary/aromatic N) is 4. The van der Waals surface area contributed by atoms with Crippen molar-refractivity contribution < 1.29 is 9.88 Å². The normalized spacial score (nSPS) is 18.1. The van der Waals surface area contributed by atoms with Crippen molar-refractivity contribution in [2.24, 2.45) is 0 Å². The molecule has 152 valence electrons. The van der Waals surface area contributed by atoms with Gasteiger partial charge < -0.3 is 9.80 Å². The topological polar surface area (TPSA) is 50.8 Å². The fourth-order valence-electron chi connectivity index (χ4n) is 4.59. The monoisotopic (exact) mass is 410 g/mol. The maximum atomic E-state index is 5.13. The molecule has 0 atom stereocenters. The highest BCUT2D eigenvalue weighted by Crippen LogP contribution is 2.35. The molecule has 2 aliphatic heterocycles. The largest absolute Gasteiger partial charge is 0.348 e. The Bertz CT molecular complexity index is 987. The third-order valence-corrected chi connectivity index (χ3v) is 7.49. The molecule has 29 heavy (non-hydrogen) atoms. The van der Waals surface area contributed by atoms with E-state index < -0.39 is 0 Å². The summed E-state index contributed by atoms with van der Waals surface area (Å²) in [6.45, 7) is 11.9. The van der Waals surface area contributed by atoms with E-state index in [1.54, 1.807) is 4.90 Å². The van der Waals surface area contributed by atoms with Crippen molar-refractivity contribution in [2.45, 2.75) is 33.2 Å². The SMILES string of the molecule is Cc1sc2nc(C[NH+]3CCCC3)nc(N3CCN(c4cccc[nH+]4)CC3)c2c1C. The molecule has 0 aromatic carbocycles. The first-order chi connectivity index (χ1) is 14.2. The summed E-state index contributed by atoms with van der Waals surface area (Å²) in [6, 6.07) is 6.28. The zero-order chi connectivity index (χ0) is 19.8. The Kier molecular flexibility index (Phi) is 5.09. The number of quaternary nitrogens is 1. The minimum atomic E-state index is 0.956. The van der Waals surface area contributed by atoms with E-state index in [2.05, 4.69) is 40.8 Å². The van der Waals surface area contributed by atoms with Gasteiger partial charge in [-0.25, -0.2) is 15.0 Å². The average Bonchev–Trinajstić information content (AvgIpc) is 3.36. The summed E-state index contributed by atoms with van der Waals surface area (Å²) in [5.41, 5.74) is 1.35. The average molecular weight is 411 g/mol. The Morgan fingerprint density at radius 3 is 2.52 bits per heavy atom. The van der Waals surface area contributed by atoms with E-state index in [4.69, 9.17) is 9.97 Å². The van der Waals surface area contributed by atoms with Crippen molar-refractivity contribution in [1.29, 1.82) is 0 Å². The number of likely N-dealkylation sites (tertiary alicyclic amines) is 1. The molecule has 2 aliphatic rings. The van der Waals surface area contributed by atoms with Crippen LogP contribution in [0.3, 0.4) is 0 Å². The molecule has 0 spiro atoms. The minimum Gasteiger partial charge on any atom is -0.348 e. The molecule has 0 unspecified atom stereocenters. The Morgan fingerprint density at radius 1 is 1.03 bits per heavy atom. The maximum Gasteiger partial charge on any atom is 0.274 e. The van der Waals surface area contributed by atoms with Gasteiger partial charge in [-0.3, -0.25) is 4.90 Å². The number of rotatable bonds is 4. The first-order valence-corrected chi connectivity index (χ1v) is 11.6. The number of aromatic nitrogens is 3. The summed E-state index contributed by atoms with van der Waals surface area (Å²) in [6.07, 6.45) is 4.67. The molecule has 0 radical (unpaired) electrons. The predicted molar refractivity (Wildman–Crippen MR) is 118 cm³/mol. The summed E-state index contributed by atoms with van der Waals surface area (Å²) in [7, 11) is 0. The smallest absolute Gasteiger partial charge is 0.274 e. The van der Waals surface area contributed by atoms with E-state index in [0.29, 0.717) is 0 Å². The van der Waals surface area contributed by atoms with Gasteiger partial charge in [0.2, 0.25) is 0 Å². The third-order valence-electron chi connectivity index (χ3n) is 6.39. The molecule has 0 saturated carbocycles. The van der Waals surface area contributed by atoms with Crippen LogP contribution in [-0.2, 0) is 6.54 Å². The van der Waals surface area contributed by atoms with Gasteiger partial charge in [-0.2, -0.15) is 0 Å². The van der Waals surface area contributed by atoms with Crippen molar-refractivity contribution in [3.05, 3.63) is 40.7 Å². The van der Waals surface area contributed by atoms with Crippen molar-refractivity contribution >= 4 is 33.2 Å². The van der Waals surface area contributed by atoms with Gasteiger partial charge in [-0.1, -0.05) is 6.07 Å². The van der Waals surface area contributed by atoms with Crippen LogP contribution < -0.4 is 19.7 Å². The lowest BCUT2D eigenvalue weighted by atomic mass is 10.2.